The summed E-state index contributed by atoms with van der Waals surface area (Å²) in [4.78, 5) is 2.47. The molecule has 1 saturated heterocycles. The molecule has 1 aliphatic heterocycles. The van der Waals surface area contributed by atoms with Crippen LogP contribution in [0.15, 0.2) is 30.3 Å². The molecule has 1 aromatic carbocycles. The number of unbranched alkanes of at least 4 members (excludes halogenated alkanes) is 2. The number of nitriles is 1. The number of rotatable bonds is 7. The summed E-state index contributed by atoms with van der Waals surface area (Å²) >= 11 is 0. The van der Waals surface area contributed by atoms with Crippen molar-refractivity contribution in [1.82, 2.24) is 4.90 Å². The van der Waals surface area contributed by atoms with E-state index in [1.54, 1.807) is 0 Å². The molecular formula is C17H24N2O. The lowest BCUT2D eigenvalue weighted by Crippen LogP contribution is -2.34. The number of hydrogen-bond donors (Lipinski definition) is 1. The molecule has 1 aliphatic rings. The molecule has 3 heteroatoms. The van der Waals surface area contributed by atoms with Crippen LogP contribution in [0.3, 0.4) is 0 Å². The summed E-state index contributed by atoms with van der Waals surface area (Å²) in [5, 5.41) is 18.4. The van der Waals surface area contributed by atoms with Crippen LogP contribution in [-0.4, -0.2) is 35.7 Å². The predicted octanol–water partition coefficient (Wildman–Crippen LogP) is 2.92. The van der Waals surface area contributed by atoms with Crippen molar-refractivity contribution in [3.05, 3.63) is 35.9 Å². The molecule has 3 nitrogen and oxygen atoms in total. The van der Waals surface area contributed by atoms with E-state index in [2.05, 4.69) is 23.1 Å². The molecule has 108 valence electrons. The fourth-order valence-corrected chi connectivity index (χ4v) is 3.15. The number of likely N-dealkylation sites (tertiary alicyclic amines) is 1. The normalized spacial score (nSPS) is 20.7. The Bertz CT molecular complexity index is 426. The van der Waals surface area contributed by atoms with Gasteiger partial charge < -0.3 is 5.11 Å². The monoisotopic (exact) mass is 272 g/mol. The first kappa shape index (κ1) is 15.0. The van der Waals surface area contributed by atoms with Gasteiger partial charge in [-0.3, -0.25) is 4.90 Å². The van der Waals surface area contributed by atoms with Gasteiger partial charge in [0.25, 0.3) is 0 Å². The van der Waals surface area contributed by atoms with Gasteiger partial charge in [-0.1, -0.05) is 30.3 Å². The van der Waals surface area contributed by atoms with Crippen molar-refractivity contribution < 1.29 is 5.11 Å². The minimum absolute atomic E-state index is 0.0171. The van der Waals surface area contributed by atoms with E-state index in [1.165, 1.54) is 6.42 Å². The third kappa shape index (κ3) is 3.82. The van der Waals surface area contributed by atoms with Crippen LogP contribution in [0.4, 0.5) is 0 Å². The van der Waals surface area contributed by atoms with Crippen molar-refractivity contribution in [2.24, 2.45) is 0 Å². The van der Waals surface area contributed by atoms with E-state index in [0.717, 1.165) is 44.3 Å². The Morgan fingerprint density at radius 1 is 1.25 bits per heavy atom. The maximum atomic E-state index is 9.56. The Labute approximate surface area is 121 Å². The summed E-state index contributed by atoms with van der Waals surface area (Å²) in [6.07, 6.45) is 5.38. The van der Waals surface area contributed by atoms with Crippen LogP contribution >= 0.6 is 0 Å². The lowest BCUT2D eigenvalue weighted by Gasteiger charge is -2.28. The van der Waals surface area contributed by atoms with E-state index in [1.807, 2.05) is 18.2 Å². The molecule has 0 bridgehead atoms. The topological polar surface area (TPSA) is 47.3 Å². The first-order chi connectivity index (χ1) is 9.86. The first-order valence-corrected chi connectivity index (χ1v) is 7.66. The van der Waals surface area contributed by atoms with Gasteiger partial charge in [0, 0.05) is 12.6 Å². The van der Waals surface area contributed by atoms with E-state index < -0.39 is 0 Å². The largest absolute Gasteiger partial charge is 0.396 e. The molecule has 2 rings (SSSR count). The smallest absolute Gasteiger partial charge is 0.0867 e. The van der Waals surface area contributed by atoms with Gasteiger partial charge in [-0.15, -0.1) is 0 Å². The van der Waals surface area contributed by atoms with Gasteiger partial charge in [-0.05, 0) is 50.8 Å². The summed E-state index contributed by atoms with van der Waals surface area (Å²) in [6, 6.07) is 13.0. The summed E-state index contributed by atoms with van der Waals surface area (Å²) in [5.74, 6) is -0.0171. The van der Waals surface area contributed by atoms with Crippen LogP contribution < -0.4 is 0 Å². The Morgan fingerprint density at radius 3 is 2.75 bits per heavy atom. The van der Waals surface area contributed by atoms with E-state index >= 15 is 0 Å². The van der Waals surface area contributed by atoms with Crippen molar-refractivity contribution in [3.8, 4) is 6.07 Å². The van der Waals surface area contributed by atoms with Crippen LogP contribution in [0.5, 0.6) is 0 Å². The van der Waals surface area contributed by atoms with Crippen LogP contribution in [0.1, 0.15) is 43.6 Å². The third-order valence-electron chi connectivity index (χ3n) is 4.20. The lowest BCUT2D eigenvalue weighted by atomic mass is 9.91. The zero-order chi connectivity index (χ0) is 14.2. The average molecular weight is 272 g/mol. The Hall–Kier alpha value is -1.37. The highest BCUT2D eigenvalue weighted by molar-refractivity contribution is 5.27. The number of hydrogen-bond acceptors (Lipinski definition) is 3. The molecule has 1 fully saturated rings. The van der Waals surface area contributed by atoms with Crippen LogP contribution in [-0.2, 0) is 0 Å². The fourth-order valence-electron chi connectivity index (χ4n) is 3.15. The molecule has 1 N–H and O–H groups in total. The molecule has 0 amide bonds. The molecule has 2 unspecified atom stereocenters. The second-order valence-corrected chi connectivity index (χ2v) is 5.55. The molecule has 0 saturated carbocycles. The number of benzene rings is 1. The van der Waals surface area contributed by atoms with Crippen molar-refractivity contribution in [2.45, 2.75) is 44.1 Å². The highest BCUT2D eigenvalue weighted by Gasteiger charge is 2.32. The number of aliphatic hydroxyl groups excluding tert-OH is 1. The van der Waals surface area contributed by atoms with Crippen LogP contribution in [0.25, 0.3) is 0 Å². The molecule has 0 aliphatic carbocycles. The zero-order valence-corrected chi connectivity index (χ0v) is 12.0. The van der Waals surface area contributed by atoms with Crippen molar-refractivity contribution in [2.75, 3.05) is 19.7 Å². The Kier molecular flexibility index (Phi) is 6.04. The summed E-state index contributed by atoms with van der Waals surface area (Å²) in [5.41, 5.74) is 1.14. The van der Waals surface area contributed by atoms with Gasteiger partial charge in [0.15, 0.2) is 0 Å². The molecular weight excluding hydrogens is 248 g/mol. The van der Waals surface area contributed by atoms with E-state index in [0.29, 0.717) is 6.04 Å². The summed E-state index contributed by atoms with van der Waals surface area (Å²) in [6.45, 7) is 2.44. The maximum absolute atomic E-state index is 9.56. The van der Waals surface area contributed by atoms with Gasteiger partial charge in [0.1, 0.15) is 0 Å². The highest BCUT2D eigenvalue weighted by Crippen LogP contribution is 2.30. The SMILES string of the molecule is N#CC(c1ccccc1)C1CCCN1CCCCCO. The molecule has 0 spiro atoms. The quantitative estimate of drug-likeness (QED) is 0.776. The van der Waals surface area contributed by atoms with E-state index in [9.17, 15) is 5.26 Å². The summed E-state index contributed by atoms with van der Waals surface area (Å²) in [7, 11) is 0. The number of nitrogens with zero attached hydrogens (tertiary/aromatic N) is 2. The van der Waals surface area contributed by atoms with Gasteiger partial charge in [0.05, 0.1) is 12.0 Å². The zero-order valence-electron chi connectivity index (χ0n) is 12.0. The molecule has 2 atom stereocenters. The van der Waals surface area contributed by atoms with Crippen molar-refractivity contribution in [1.29, 1.82) is 5.26 Å². The maximum Gasteiger partial charge on any atom is 0.0867 e. The molecule has 1 aromatic rings. The lowest BCUT2D eigenvalue weighted by molar-refractivity contribution is 0.228. The summed E-state index contributed by atoms with van der Waals surface area (Å²) < 4.78 is 0. The Morgan fingerprint density at radius 2 is 2.05 bits per heavy atom. The number of aliphatic hydroxyl groups is 1. The van der Waals surface area contributed by atoms with Gasteiger partial charge in [-0.25, -0.2) is 0 Å². The first-order valence-electron chi connectivity index (χ1n) is 7.66. The van der Waals surface area contributed by atoms with E-state index in [4.69, 9.17) is 5.11 Å². The minimum Gasteiger partial charge on any atom is -0.396 e. The van der Waals surface area contributed by atoms with E-state index in [-0.39, 0.29) is 12.5 Å². The molecule has 0 radical (unpaired) electrons. The van der Waals surface area contributed by atoms with Crippen molar-refractivity contribution in [3.63, 3.8) is 0 Å². The second kappa shape index (κ2) is 8.04. The van der Waals surface area contributed by atoms with Crippen LogP contribution in [0.2, 0.25) is 0 Å². The van der Waals surface area contributed by atoms with Gasteiger partial charge >= 0.3 is 0 Å². The third-order valence-corrected chi connectivity index (χ3v) is 4.20. The standard InChI is InChI=1S/C17H24N2O/c18-14-16(15-8-3-1-4-9-15)17-10-7-12-19(17)11-5-2-6-13-20/h1,3-4,8-9,16-17,20H,2,5-7,10-13H2. The molecule has 0 aromatic heterocycles. The predicted molar refractivity (Wildman–Crippen MR) is 80.3 cm³/mol. The Balaban J connectivity index is 1.96. The molecule has 1 heterocycles. The van der Waals surface area contributed by atoms with Crippen molar-refractivity contribution >= 4 is 0 Å². The highest BCUT2D eigenvalue weighted by atomic mass is 16.2. The molecule has 20 heavy (non-hydrogen) atoms. The average Bonchev–Trinajstić information content (AvgIpc) is 2.94. The fraction of sp³-hybridized carbons (Fsp3) is 0.588. The second-order valence-electron chi connectivity index (χ2n) is 5.55. The van der Waals surface area contributed by atoms with Gasteiger partial charge in [0.2, 0.25) is 0 Å². The van der Waals surface area contributed by atoms with Crippen LogP contribution in [0, 0.1) is 11.3 Å². The van der Waals surface area contributed by atoms with Gasteiger partial charge in [-0.2, -0.15) is 5.26 Å². The minimum atomic E-state index is -0.0171.